The largest absolute Gasteiger partial charge is 0.394 e. The quantitative estimate of drug-likeness (QED) is 0.0557. The molecule has 6 heteroatoms. The van der Waals surface area contributed by atoms with Crippen LogP contribution >= 0.6 is 0 Å². The van der Waals surface area contributed by atoms with E-state index in [1.54, 1.807) is 0 Å². The van der Waals surface area contributed by atoms with Crippen LogP contribution in [0.3, 0.4) is 0 Å². The first kappa shape index (κ1) is 37.0. The Hall–Kier alpha value is -0.950. The molecule has 0 rings (SSSR count). The maximum Gasteiger partial charge on any atom is 0.249 e. The van der Waals surface area contributed by atoms with Crippen LogP contribution in [-0.4, -0.2) is 57.3 Å². The highest BCUT2D eigenvalue weighted by Gasteiger charge is 2.28. The summed E-state index contributed by atoms with van der Waals surface area (Å²) in [7, 11) is 0. The third-order valence-electron chi connectivity index (χ3n) is 7.48. The summed E-state index contributed by atoms with van der Waals surface area (Å²) in [5, 5.41) is 43.1. The predicted octanol–water partition coefficient (Wildman–Crippen LogP) is 6.72. The predicted molar refractivity (Wildman–Crippen MR) is 159 cm³/mol. The SMILES string of the molecule is CCCCCCCC/C=C\CCCCC(O)C(=O)NC(CO)C(O)C(O)CCCCCCCCCCCC. The Morgan fingerprint density at radius 2 is 1.05 bits per heavy atom. The summed E-state index contributed by atoms with van der Waals surface area (Å²) in [5.74, 6) is -0.604. The van der Waals surface area contributed by atoms with Gasteiger partial charge < -0.3 is 25.7 Å². The van der Waals surface area contributed by atoms with Gasteiger partial charge in [0.25, 0.3) is 0 Å². The molecule has 0 aliphatic heterocycles. The Bertz CT molecular complexity index is 542. The Labute approximate surface area is 234 Å². The van der Waals surface area contributed by atoms with Crippen LogP contribution in [-0.2, 0) is 4.79 Å². The van der Waals surface area contributed by atoms with Gasteiger partial charge in [-0.15, -0.1) is 0 Å². The van der Waals surface area contributed by atoms with Crippen LogP contribution < -0.4 is 5.32 Å². The van der Waals surface area contributed by atoms with Gasteiger partial charge in [0, 0.05) is 0 Å². The number of carbonyl (C=O) groups is 1. The van der Waals surface area contributed by atoms with E-state index >= 15 is 0 Å². The smallest absolute Gasteiger partial charge is 0.249 e. The molecule has 4 unspecified atom stereocenters. The third kappa shape index (κ3) is 21.9. The number of carbonyl (C=O) groups excluding carboxylic acids is 1. The van der Waals surface area contributed by atoms with E-state index in [9.17, 15) is 25.2 Å². The van der Waals surface area contributed by atoms with Crippen molar-refractivity contribution in [3.05, 3.63) is 12.2 Å². The zero-order valence-corrected chi connectivity index (χ0v) is 24.9. The zero-order valence-electron chi connectivity index (χ0n) is 24.9. The van der Waals surface area contributed by atoms with Gasteiger partial charge in [-0.2, -0.15) is 0 Å². The number of amides is 1. The van der Waals surface area contributed by atoms with Crippen LogP contribution in [0.25, 0.3) is 0 Å². The molecule has 0 heterocycles. The summed E-state index contributed by atoms with van der Waals surface area (Å²) < 4.78 is 0. The van der Waals surface area contributed by atoms with E-state index < -0.39 is 36.9 Å². The van der Waals surface area contributed by atoms with Crippen LogP contribution in [0.5, 0.6) is 0 Å². The lowest BCUT2D eigenvalue weighted by Crippen LogP contribution is -2.53. The molecule has 0 spiro atoms. The van der Waals surface area contributed by atoms with Crippen LogP contribution in [0.4, 0.5) is 0 Å². The number of rotatable bonds is 28. The van der Waals surface area contributed by atoms with E-state index in [2.05, 4.69) is 31.3 Å². The first-order chi connectivity index (χ1) is 18.5. The van der Waals surface area contributed by atoms with Crippen molar-refractivity contribution in [2.45, 2.75) is 179 Å². The fourth-order valence-electron chi connectivity index (χ4n) is 4.81. The Morgan fingerprint density at radius 1 is 0.632 bits per heavy atom. The van der Waals surface area contributed by atoms with Gasteiger partial charge >= 0.3 is 0 Å². The Morgan fingerprint density at radius 3 is 1.55 bits per heavy atom. The molecule has 0 saturated carbocycles. The number of unbranched alkanes of at least 4 members (excludes halogenated alkanes) is 17. The Kier molecular flexibility index (Phi) is 26.9. The standard InChI is InChI=1S/C32H63NO5/c1-3-5-7-9-11-13-15-16-18-20-22-24-26-30(36)32(38)33-28(27-34)31(37)29(35)25-23-21-19-17-14-12-10-8-6-4-2/h16,18,28-31,34-37H,3-15,17,19-27H2,1-2H3,(H,33,38)/b18-16-. The molecule has 38 heavy (non-hydrogen) atoms. The highest BCUT2D eigenvalue weighted by Crippen LogP contribution is 2.14. The van der Waals surface area contributed by atoms with Crippen LogP contribution in [0.1, 0.15) is 155 Å². The molecule has 0 fully saturated rings. The molecule has 0 aromatic heterocycles. The van der Waals surface area contributed by atoms with Gasteiger partial charge in [-0.05, 0) is 38.5 Å². The lowest BCUT2D eigenvalue weighted by molar-refractivity contribution is -0.132. The Balaban J connectivity index is 3.93. The average molecular weight is 542 g/mol. The summed E-state index contributed by atoms with van der Waals surface area (Å²) in [6.45, 7) is 3.97. The van der Waals surface area contributed by atoms with Gasteiger partial charge in [-0.25, -0.2) is 0 Å². The summed E-state index contributed by atoms with van der Waals surface area (Å²) in [4.78, 5) is 12.3. The van der Waals surface area contributed by atoms with Gasteiger partial charge in [0.1, 0.15) is 12.2 Å². The molecule has 0 aliphatic rings. The van der Waals surface area contributed by atoms with Crippen molar-refractivity contribution < 1.29 is 25.2 Å². The average Bonchev–Trinajstić information content (AvgIpc) is 2.92. The molecule has 4 atom stereocenters. The molecule has 0 aromatic rings. The van der Waals surface area contributed by atoms with Crippen molar-refractivity contribution in [3.63, 3.8) is 0 Å². The molecule has 6 nitrogen and oxygen atoms in total. The molecule has 1 amide bonds. The third-order valence-corrected chi connectivity index (χ3v) is 7.48. The molecule has 0 saturated heterocycles. The van der Waals surface area contributed by atoms with Crippen LogP contribution in [0.15, 0.2) is 12.2 Å². The topological polar surface area (TPSA) is 110 Å². The van der Waals surface area contributed by atoms with Gasteiger partial charge in [0.2, 0.25) is 5.91 Å². The minimum absolute atomic E-state index is 0.340. The van der Waals surface area contributed by atoms with E-state index in [4.69, 9.17) is 0 Å². The van der Waals surface area contributed by atoms with E-state index in [0.29, 0.717) is 12.8 Å². The molecule has 5 N–H and O–H groups in total. The molecule has 0 bridgehead atoms. The summed E-state index contributed by atoms with van der Waals surface area (Å²) in [6.07, 6.45) is 25.2. The van der Waals surface area contributed by atoms with E-state index in [1.807, 2.05) is 0 Å². The molecular formula is C32H63NO5. The molecule has 226 valence electrons. The summed E-state index contributed by atoms with van der Waals surface area (Å²) >= 11 is 0. The highest BCUT2D eigenvalue weighted by atomic mass is 16.3. The number of hydrogen-bond donors (Lipinski definition) is 5. The van der Waals surface area contributed by atoms with E-state index in [1.165, 1.54) is 83.5 Å². The molecular weight excluding hydrogens is 478 g/mol. The monoisotopic (exact) mass is 541 g/mol. The van der Waals surface area contributed by atoms with E-state index in [0.717, 1.165) is 44.9 Å². The van der Waals surface area contributed by atoms with Gasteiger partial charge in [-0.3, -0.25) is 4.79 Å². The summed E-state index contributed by atoms with van der Waals surface area (Å²) in [6, 6.07) is -0.986. The fourth-order valence-corrected chi connectivity index (χ4v) is 4.81. The number of aliphatic hydroxyl groups excluding tert-OH is 4. The first-order valence-corrected chi connectivity index (χ1v) is 16.1. The first-order valence-electron chi connectivity index (χ1n) is 16.1. The van der Waals surface area contributed by atoms with Crippen LogP contribution in [0.2, 0.25) is 0 Å². The summed E-state index contributed by atoms with van der Waals surface area (Å²) in [5.41, 5.74) is 0. The maximum absolute atomic E-state index is 12.3. The molecule has 0 aromatic carbocycles. The van der Waals surface area contributed by atoms with Gasteiger partial charge in [0.15, 0.2) is 0 Å². The number of allylic oxidation sites excluding steroid dienone is 2. The second kappa shape index (κ2) is 27.6. The second-order valence-electron chi connectivity index (χ2n) is 11.2. The zero-order chi connectivity index (χ0) is 28.3. The normalized spacial score (nSPS) is 15.0. The fraction of sp³-hybridized carbons (Fsp3) is 0.906. The molecule has 0 aliphatic carbocycles. The second-order valence-corrected chi connectivity index (χ2v) is 11.2. The van der Waals surface area contributed by atoms with Crippen molar-refractivity contribution >= 4 is 5.91 Å². The minimum atomic E-state index is -1.26. The lowest BCUT2D eigenvalue weighted by Gasteiger charge is -2.27. The minimum Gasteiger partial charge on any atom is -0.394 e. The number of nitrogens with one attached hydrogen (secondary N) is 1. The van der Waals surface area contributed by atoms with Crippen molar-refractivity contribution in [1.29, 1.82) is 0 Å². The number of hydrogen-bond acceptors (Lipinski definition) is 5. The van der Waals surface area contributed by atoms with Crippen molar-refractivity contribution in [2.75, 3.05) is 6.61 Å². The highest BCUT2D eigenvalue weighted by molar-refractivity contribution is 5.80. The van der Waals surface area contributed by atoms with Crippen molar-refractivity contribution in [1.82, 2.24) is 5.32 Å². The van der Waals surface area contributed by atoms with Gasteiger partial charge in [0.05, 0.1) is 18.8 Å². The number of aliphatic hydroxyl groups is 4. The van der Waals surface area contributed by atoms with Crippen molar-refractivity contribution in [2.24, 2.45) is 0 Å². The van der Waals surface area contributed by atoms with E-state index in [-0.39, 0.29) is 0 Å². The van der Waals surface area contributed by atoms with Gasteiger partial charge in [-0.1, -0.05) is 129 Å². The molecule has 0 radical (unpaired) electrons. The maximum atomic E-state index is 12.3. The van der Waals surface area contributed by atoms with Crippen molar-refractivity contribution in [3.8, 4) is 0 Å². The van der Waals surface area contributed by atoms with Crippen LogP contribution in [0, 0.1) is 0 Å². The lowest BCUT2D eigenvalue weighted by atomic mass is 9.99.